The van der Waals surface area contributed by atoms with Crippen molar-refractivity contribution in [3.8, 4) is 0 Å². The van der Waals surface area contributed by atoms with Crippen LogP contribution in [0.4, 0.5) is 0 Å². The van der Waals surface area contributed by atoms with Gasteiger partial charge in [-0.05, 0) is 13.3 Å². The van der Waals surface area contributed by atoms with E-state index >= 15 is 0 Å². The predicted molar refractivity (Wildman–Crippen MR) is 37.5 cm³/mol. The number of nitrogens with zero attached hydrogens (tertiary/aromatic N) is 1. The number of rotatable bonds is 2. The Kier molecular flexibility index (Phi) is 2.09. The number of oxime groups is 1. The third-order valence-corrected chi connectivity index (χ3v) is 1.42. The Morgan fingerprint density at radius 2 is 2.56 bits per heavy atom. The van der Waals surface area contributed by atoms with Crippen molar-refractivity contribution in [1.82, 2.24) is 0 Å². The lowest BCUT2D eigenvalue weighted by atomic mass is 10.1. The van der Waals surface area contributed by atoms with Gasteiger partial charge in [0.15, 0.2) is 0 Å². The molecule has 0 aromatic rings. The van der Waals surface area contributed by atoms with Gasteiger partial charge in [0.2, 0.25) is 0 Å². The van der Waals surface area contributed by atoms with E-state index < -0.39 is 0 Å². The SMILES string of the molecule is CCCC1=NO[C@H](C)C1. The molecule has 0 unspecified atom stereocenters. The summed E-state index contributed by atoms with van der Waals surface area (Å²) in [6.45, 7) is 4.21. The molecule has 0 radical (unpaired) electrons. The fourth-order valence-electron chi connectivity index (χ4n) is 1.01. The van der Waals surface area contributed by atoms with Crippen LogP contribution in [0, 0.1) is 0 Å². The summed E-state index contributed by atoms with van der Waals surface area (Å²) in [4.78, 5) is 5.01. The highest BCUT2D eigenvalue weighted by molar-refractivity contribution is 5.85. The van der Waals surface area contributed by atoms with Crippen LogP contribution in [0.15, 0.2) is 5.16 Å². The third kappa shape index (κ3) is 1.70. The van der Waals surface area contributed by atoms with Crippen molar-refractivity contribution in [2.75, 3.05) is 0 Å². The number of hydrogen-bond donors (Lipinski definition) is 0. The predicted octanol–water partition coefficient (Wildman–Crippen LogP) is 1.95. The van der Waals surface area contributed by atoms with Gasteiger partial charge >= 0.3 is 0 Å². The molecule has 2 nitrogen and oxygen atoms in total. The van der Waals surface area contributed by atoms with E-state index in [0.717, 1.165) is 12.8 Å². The zero-order valence-corrected chi connectivity index (χ0v) is 6.05. The second kappa shape index (κ2) is 2.85. The van der Waals surface area contributed by atoms with Crippen LogP contribution in [-0.2, 0) is 4.84 Å². The lowest BCUT2D eigenvalue weighted by Gasteiger charge is -1.95. The van der Waals surface area contributed by atoms with E-state index in [4.69, 9.17) is 4.84 Å². The largest absolute Gasteiger partial charge is 0.392 e. The van der Waals surface area contributed by atoms with Gasteiger partial charge in [0.25, 0.3) is 0 Å². The minimum atomic E-state index is 0.326. The molecule has 2 heteroatoms. The molecule has 0 bridgehead atoms. The van der Waals surface area contributed by atoms with E-state index in [0.29, 0.717) is 6.10 Å². The molecule has 0 amide bonds. The molecule has 0 fully saturated rings. The first-order valence-electron chi connectivity index (χ1n) is 3.54. The quantitative estimate of drug-likeness (QED) is 0.555. The van der Waals surface area contributed by atoms with Crippen molar-refractivity contribution in [3.63, 3.8) is 0 Å². The van der Waals surface area contributed by atoms with Crippen LogP contribution in [0.25, 0.3) is 0 Å². The Labute approximate surface area is 55.9 Å². The van der Waals surface area contributed by atoms with Crippen molar-refractivity contribution in [3.05, 3.63) is 0 Å². The average Bonchev–Trinajstić information content (AvgIpc) is 2.17. The smallest absolute Gasteiger partial charge is 0.130 e. The summed E-state index contributed by atoms with van der Waals surface area (Å²) in [6, 6.07) is 0. The molecule has 0 aromatic heterocycles. The summed E-state index contributed by atoms with van der Waals surface area (Å²) < 4.78 is 0. The maximum Gasteiger partial charge on any atom is 0.130 e. The maximum absolute atomic E-state index is 5.01. The fourth-order valence-corrected chi connectivity index (χ4v) is 1.01. The Balaban J connectivity index is 2.27. The molecular weight excluding hydrogens is 114 g/mol. The number of hydrogen-bond acceptors (Lipinski definition) is 2. The summed E-state index contributed by atoms with van der Waals surface area (Å²) in [5.41, 5.74) is 1.23. The standard InChI is InChI=1S/C7H13NO/c1-3-4-7-5-6(2)9-8-7/h6H,3-5H2,1-2H3/t6-/m1/s1. The molecule has 1 aliphatic heterocycles. The molecule has 0 saturated heterocycles. The summed E-state index contributed by atoms with van der Waals surface area (Å²) in [6.07, 6.45) is 3.64. The summed E-state index contributed by atoms with van der Waals surface area (Å²) in [5.74, 6) is 0. The van der Waals surface area contributed by atoms with Gasteiger partial charge in [0.1, 0.15) is 6.10 Å². The van der Waals surface area contributed by atoms with Crippen molar-refractivity contribution >= 4 is 5.71 Å². The van der Waals surface area contributed by atoms with Crippen LogP contribution in [0.1, 0.15) is 33.1 Å². The van der Waals surface area contributed by atoms with Gasteiger partial charge in [-0.1, -0.05) is 18.5 Å². The summed E-state index contributed by atoms with van der Waals surface area (Å²) >= 11 is 0. The third-order valence-electron chi connectivity index (χ3n) is 1.42. The topological polar surface area (TPSA) is 21.6 Å². The minimum Gasteiger partial charge on any atom is -0.392 e. The van der Waals surface area contributed by atoms with E-state index in [9.17, 15) is 0 Å². The summed E-state index contributed by atoms with van der Waals surface area (Å²) in [5, 5.41) is 3.92. The Hall–Kier alpha value is -0.530. The van der Waals surface area contributed by atoms with E-state index in [1.165, 1.54) is 12.1 Å². The first kappa shape index (κ1) is 6.59. The van der Waals surface area contributed by atoms with Crippen LogP contribution in [0.5, 0.6) is 0 Å². The van der Waals surface area contributed by atoms with Crippen LogP contribution in [-0.4, -0.2) is 11.8 Å². The average molecular weight is 127 g/mol. The van der Waals surface area contributed by atoms with E-state index in [1.54, 1.807) is 0 Å². The molecule has 0 aliphatic carbocycles. The molecule has 1 rings (SSSR count). The summed E-state index contributed by atoms with van der Waals surface area (Å²) in [7, 11) is 0. The van der Waals surface area contributed by atoms with Crippen molar-refractivity contribution < 1.29 is 4.84 Å². The maximum atomic E-state index is 5.01. The van der Waals surface area contributed by atoms with Gasteiger partial charge < -0.3 is 4.84 Å². The second-order valence-corrected chi connectivity index (χ2v) is 2.53. The highest BCUT2D eigenvalue weighted by Crippen LogP contribution is 2.12. The van der Waals surface area contributed by atoms with E-state index in [2.05, 4.69) is 12.1 Å². The minimum absolute atomic E-state index is 0.326. The van der Waals surface area contributed by atoms with Gasteiger partial charge in [0.05, 0.1) is 5.71 Å². The lowest BCUT2D eigenvalue weighted by Crippen LogP contribution is -2.00. The lowest BCUT2D eigenvalue weighted by molar-refractivity contribution is 0.0995. The molecule has 0 N–H and O–H groups in total. The Morgan fingerprint density at radius 3 is 3.00 bits per heavy atom. The molecule has 0 saturated carbocycles. The van der Waals surface area contributed by atoms with Crippen LogP contribution in [0.3, 0.4) is 0 Å². The van der Waals surface area contributed by atoms with E-state index in [1.807, 2.05) is 6.92 Å². The van der Waals surface area contributed by atoms with Gasteiger partial charge in [-0.15, -0.1) is 0 Å². The fraction of sp³-hybridized carbons (Fsp3) is 0.857. The molecule has 1 atom stereocenters. The zero-order valence-electron chi connectivity index (χ0n) is 6.05. The van der Waals surface area contributed by atoms with Gasteiger partial charge in [0, 0.05) is 6.42 Å². The molecule has 1 aliphatic rings. The van der Waals surface area contributed by atoms with Crippen molar-refractivity contribution in [2.24, 2.45) is 5.16 Å². The van der Waals surface area contributed by atoms with Crippen LogP contribution < -0.4 is 0 Å². The monoisotopic (exact) mass is 127 g/mol. The highest BCUT2D eigenvalue weighted by atomic mass is 16.6. The molecule has 0 spiro atoms. The highest BCUT2D eigenvalue weighted by Gasteiger charge is 2.14. The van der Waals surface area contributed by atoms with Gasteiger partial charge in [-0.2, -0.15) is 0 Å². The first-order chi connectivity index (χ1) is 4.33. The Bertz CT molecular complexity index is 120. The normalized spacial score (nSPS) is 25.6. The zero-order chi connectivity index (χ0) is 6.69. The van der Waals surface area contributed by atoms with Crippen LogP contribution >= 0.6 is 0 Å². The first-order valence-corrected chi connectivity index (χ1v) is 3.54. The van der Waals surface area contributed by atoms with Crippen LogP contribution in [0.2, 0.25) is 0 Å². The second-order valence-electron chi connectivity index (χ2n) is 2.53. The molecular formula is C7H13NO. The molecule has 1 heterocycles. The molecule has 0 aromatic carbocycles. The van der Waals surface area contributed by atoms with Crippen molar-refractivity contribution in [2.45, 2.75) is 39.2 Å². The molecule has 52 valence electrons. The van der Waals surface area contributed by atoms with Crippen molar-refractivity contribution in [1.29, 1.82) is 0 Å². The molecule has 9 heavy (non-hydrogen) atoms. The van der Waals surface area contributed by atoms with Gasteiger partial charge in [-0.25, -0.2) is 0 Å². The van der Waals surface area contributed by atoms with Gasteiger partial charge in [-0.3, -0.25) is 0 Å². The van der Waals surface area contributed by atoms with E-state index in [-0.39, 0.29) is 0 Å². The Morgan fingerprint density at radius 1 is 1.78 bits per heavy atom.